The van der Waals surface area contributed by atoms with Gasteiger partial charge in [0.25, 0.3) is 5.91 Å². The Morgan fingerprint density at radius 2 is 2.14 bits per heavy atom. The van der Waals surface area contributed by atoms with Crippen LogP contribution in [0.2, 0.25) is 0 Å². The van der Waals surface area contributed by atoms with Gasteiger partial charge in [-0.15, -0.1) is 0 Å². The van der Waals surface area contributed by atoms with Gasteiger partial charge in [0, 0.05) is 6.08 Å². The van der Waals surface area contributed by atoms with Crippen LogP contribution < -0.4 is 5.48 Å². The molecule has 0 aliphatic rings. The van der Waals surface area contributed by atoms with E-state index in [4.69, 9.17) is 10.3 Å². The molecule has 1 aromatic rings. The summed E-state index contributed by atoms with van der Waals surface area (Å²) in [5.41, 5.74) is 1.31. The molecule has 1 amide bonds. The zero-order valence-corrected chi connectivity index (χ0v) is 12.0. The lowest BCUT2D eigenvalue weighted by molar-refractivity contribution is -0.124. The predicted octanol–water partition coefficient (Wildman–Crippen LogP) is 2.43. The van der Waals surface area contributed by atoms with Crippen molar-refractivity contribution in [3.05, 3.63) is 41.7 Å². The first-order valence-electron chi connectivity index (χ1n) is 6.55. The number of allylic oxidation sites excluding steroid dienone is 1. The van der Waals surface area contributed by atoms with Gasteiger partial charge in [0.1, 0.15) is 0 Å². The normalized spacial score (nSPS) is 13.4. The fraction of sp³-hybridized carbons (Fsp3) is 0.400. The second-order valence-electron chi connectivity index (χ2n) is 5.52. The van der Waals surface area contributed by atoms with Crippen LogP contribution in [-0.2, 0) is 4.79 Å². The van der Waals surface area contributed by atoms with Gasteiger partial charge < -0.3 is 10.2 Å². The van der Waals surface area contributed by atoms with Gasteiger partial charge in [-0.25, -0.2) is 9.87 Å². The Morgan fingerprint density at radius 3 is 2.71 bits per heavy atom. The molecular weight excluding hydrogens is 277 g/mol. The maximum Gasteiger partial charge on any atom is 0.267 e. The molecule has 21 heavy (non-hydrogen) atoms. The van der Waals surface area contributed by atoms with E-state index in [2.05, 4.69) is 0 Å². The zero-order chi connectivity index (χ0) is 16.0. The van der Waals surface area contributed by atoms with Gasteiger partial charge in [-0.2, -0.15) is 0 Å². The molecule has 4 N–H and O–H groups in total. The first-order chi connectivity index (χ1) is 9.77. The van der Waals surface area contributed by atoms with Crippen LogP contribution in [0.1, 0.15) is 38.4 Å². The van der Waals surface area contributed by atoms with Crippen molar-refractivity contribution in [1.29, 1.82) is 0 Å². The van der Waals surface area contributed by atoms with E-state index in [0.717, 1.165) is 6.07 Å². The lowest BCUT2D eigenvalue weighted by Crippen LogP contribution is -2.22. The second-order valence-corrected chi connectivity index (χ2v) is 5.52. The van der Waals surface area contributed by atoms with Crippen molar-refractivity contribution in [2.24, 2.45) is 5.41 Å². The van der Waals surface area contributed by atoms with Crippen LogP contribution >= 0.6 is 0 Å². The maximum atomic E-state index is 13.3. The lowest BCUT2D eigenvalue weighted by Gasteiger charge is -2.30. The summed E-state index contributed by atoms with van der Waals surface area (Å²) in [6.45, 7) is 3.64. The zero-order valence-electron chi connectivity index (χ0n) is 12.0. The van der Waals surface area contributed by atoms with E-state index in [9.17, 15) is 14.3 Å². The molecule has 0 aliphatic carbocycles. The minimum Gasteiger partial charge on any atom is -0.505 e. The molecule has 0 fully saturated rings. The van der Waals surface area contributed by atoms with Crippen LogP contribution in [0.3, 0.4) is 0 Å². The van der Waals surface area contributed by atoms with Crippen LogP contribution in [0.5, 0.6) is 5.75 Å². The predicted molar refractivity (Wildman–Crippen MR) is 75.1 cm³/mol. The third-order valence-corrected chi connectivity index (χ3v) is 3.36. The van der Waals surface area contributed by atoms with Crippen molar-refractivity contribution in [1.82, 2.24) is 5.48 Å². The van der Waals surface area contributed by atoms with E-state index in [1.165, 1.54) is 23.7 Å². The summed E-state index contributed by atoms with van der Waals surface area (Å²) in [5, 5.41) is 27.8. The number of amides is 1. The Bertz CT molecular complexity index is 528. The highest BCUT2D eigenvalue weighted by molar-refractivity contribution is 5.86. The second kappa shape index (κ2) is 7.19. The van der Waals surface area contributed by atoms with E-state index in [1.54, 1.807) is 6.08 Å². The number of carbonyl (C=O) groups is 1. The van der Waals surface area contributed by atoms with Gasteiger partial charge in [-0.05, 0) is 36.0 Å². The summed E-state index contributed by atoms with van der Waals surface area (Å²) in [4.78, 5) is 10.8. The highest BCUT2D eigenvalue weighted by Gasteiger charge is 2.28. The molecule has 1 atom stereocenters. The topological polar surface area (TPSA) is 89.8 Å². The summed E-state index contributed by atoms with van der Waals surface area (Å²) >= 11 is 0. The van der Waals surface area contributed by atoms with Gasteiger partial charge in [0.15, 0.2) is 11.6 Å². The van der Waals surface area contributed by atoms with Gasteiger partial charge in [0.05, 0.1) is 6.10 Å². The first kappa shape index (κ1) is 17.1. The Labute approximate surface area is 122 Å². The largest absolute Gasteiger partial charge is 0.505 e. The fourth-order valence-corrected chi connectivity index (χ4v) is 1.96. The van der Waals surface area contributed by atoms with Gasteiger partial charge in [-0.1, -0.05) is 26.0 Å². The summed E-state index contributed by atoms with van der Waals surface area (Å²) in [6.07, 6.45) is 2.93. The molecule has 116 valence electrons. The van der Waals surface area contributed by atoms with Crippen LogP contribution in [0.25, 0.3) is 0 Å². The molecule has 0 unspecified atom stereocenters. The third kappa shape index (κ3) is 4.84. The number of carbonyl (C=O) groups excluding carboxylic acids is 1. The van der Waals surface area contributed by atoms with E-state index < -0.39 is 29.0 Å². The molecule has 6 heteroatoms. The van der Waals surface area contributed by atoms with Crippen molar-refractivity contribution < 1.29 is 24.6 Å². The molecule has 5 nitrogen and oxygen atoms in total. The quantitative estimate of drug-likeness (QED) is 0.369. The Morgan fingerprint density at radius 1 is 1.48 bits per heavy atom. The van der Waals surface area contributed by atoms with E-state index >= 15 is 0 Å². The summed E-state index contributed by atoms with van der Waals surface area (Å²) in [7, 11) is 0. The van der Waals surface area contributed by atoms with E-state index in [0.29, 0.717) is 18.4 Å². The summed E-state index contributed by atoms with van der Waals surface area (Å²) in [5.74, 6) is -1.85. The van der Waals surface area contributed by atoms with Crippen molar-refractivity contribution in [3.63, 3.8) is 0 Å². The van der Waals surface area contributed by atoms with Gasteiger partial charge >= 0.3 is 0 Å². The molecule has 0 heterocycles. The number of aliphatic hydroxyl groups is 1. The van der Waals surface area contributed by atoms with Crippen LogP contribution in [-0.4, -0.2) is 21.3 Å². The fourth-order valence-electron chi connectivity index (χ4n) is 1.96. The van der Waals surface area contributed by atoms with Gasteiger partial charge in [-0.3, -0.25) is 10.0 Å². The molecule has 0 spiro atoms. The number of aliphatic hydroxyl groups excluding tert-OH is 1. The number of halogens is 1. The number of aromatic hydroxyl groups is 1. The van der Waals surface area contributed by atoms with Crippen LogP contribution in [0, 0.1) is 11.2 Å². The van der Waals surface area contributed by atoms with Crippen molar-refractivity contribution >= 4 is 5.91 Å². The van der Waals surface area contributed by atoms with Gasteiger partial charge in [0.2, 0.25) is 0 Å². The number of hydrogen-bond acceptors (Lipinski definition) is 4. The Balaban J connectivity index is 2.70. The van der Waals surface area contributed by atoms with Crippen LogP contribution in [0.4, 0.5) is 4.39 Å². The van der Waals surface area contributed by atoms with Crippen molar-refractivity contribution in [2.75, 3.05) is 0 Å². The molecule has 0 aliphatic heterocycles. The summed E-state index contributed by atoms with van der Waals surface area (Å²) < 4.78 is 13.3. The third-order valence-electron chi connectivity index (χ3n) is 3.36. The first-order valence-corrected chi connectivity index (χ1v) is 6.55. The number of phenols is 1. The molecule has 1 aromatic carbocycles. The minimum atomic E-state index is -0.910. The SMILES string of the molecule is CC(C)(CC/C=C/C(=O)NO)[C@H](O)c1ccc(O)c(F)c1. The maximum absolute atomic E-state index is 13.3. The van der Waals surface area contributed by atoms with Crippen LogP contribution in [0.15, 0.2) is 30.4 Å². The van der Waals surface area contributed by atoms with Crippen molar-refractivity contribution in [3.8, 4) is 5.75 Å². The molecule has 0 saturated heterocycles. The molecule has 0 radical (unpaired) electrons. The number of hydroxylamine groups is 1. The number of benzene rings is 1. The Hall–Kier alpha value is -1.92. The molecule has 0 aromatic heterocycles. The monoisotopic (exact) mass is 297 g/mol. The lowest BCUT2D eigenvalue weighted by atomic mass is 9.79. The molecule has 1 rings (SSSR count). The summed E-state index contributed by atoms with van der Waals surface area (Å²) in [6, 6.07) is 3.78. The highest BCUT2D eigenvalue weighted by Crippen LogP contribution is 2.38. The number of rotatable bonds is 6. The molecule has 0 saturated carbocycles. The number of nitrogens with one attached hydrogen (secondary N) is 1. The van der Waals surface area contributed by atoms with Crippen molar-refractivity contribution in [2.45, 2.75) is 32.8 Å². The average Bonchev–Trinajstić information content (AvgIpc) is 2.45. The Kier molecular flexibility index (Phi) is 5.87. The average molecular weight is 297 g/mol. The molecular formula is C15H20FNO4. The number of phenolic OH excluding ortho intramolecular Hbond substituents is 1. The van der Waals surface area contributed by atoms with E-state index in [-0.39, 0.29) is 0 Å². The number of hydrogen-bond donors (Lipinski definition) is 4. The molecule has 0 bridgehead atoms. The smallest absolute Gasteiger partial charge is 0.267 e. The highest BCUT2D eigenvalue weighted by atomic mass is 19.1. The van der Waals surface area contributed by atoms with E-state index in [1.807, 2.05) is 13.8 Å². The minimum absolute atomic E-state index is 0.382. The standard InChI is InChI=1S/C15H20FNO4/c1-15(2,8-4-3-5-13(19)17-21)14(20)10-6-7-12(18)11(16)9-10/h3,5-7,9,14,18,20-21H,4,8H2,1-2H3,(H,17,19)/b5-3+/t14-/m1/s1.